The number of nitrogens with zero attached hydrogens (tertiary/aromatic N) is 1. The number of halogens is 1. The number of carbonyl (C=O) groups excluding carboxylic acids is 1. The van der Waals surface area contributed by atoms with Gasteiger partial charge in [-0.15, -0.1) is 0 Å². The molecule has 1 fully saturated rings. The fourth-order valence-electron chi connectivity index (χ4n) is 2.11. The second kappa shape index (κ2) is 7.04. The van der Waals surface area contributed by atoms with E-state index in [1.165, 1.54) is 17.7 Å². The molecule has 1 aliphatic rings. The number of amides is 1. The van der Waals surface area contributed by atoms with Gasteiger partial charge in [-0.2, -0.15) is 0 Å². The third-order valence-corrected chi connectivity index (χ3v) is 3.60. The van der Waals surface area contributed by atoms with Crippen LogP contribution in [-0.4, -0.2) is 50.4 Å². The van der Waals surface area contributed by atoms with Gasteiger partial charge in [-0.05, 0) is 24.1 Å². The summed E-state index contributed by atoms with van der Waals surface area (Å²) in [6.45, 7) is 0.987. The first-order valence-electron chi connectivity index (χ1n) is 6.51. The molecule has 0 aliphatic carbocycles. The van der Waals surface area contributed by atoms with Gasteiger partial charge in [0, 0.05) is 24.7 Å². The zero-order valence-corrected chi connectivity index (χ0v) is 12.4. The lowest BCUT2D eigenvalue weighted by Crippen LogP contribution is -2.53. The van der Waals surface area contributed by atoms with E-state index in [1.807, 2.05) is 24.3 Å². The third-order valence-electron chi connectivity index (χ3n) is 3.35. The lowest BCUT2D eigenvalue weighted by atomic mass is 10.1. The smallest absolute Gasteiger partial charge is 0.276 e. The molecule has 0 saturated carbocycles. The van der Waals surface area contributed by atoms with E-state index < -0.39 is 6.10 Å². The number of morpholine rings is 1. The summed E-state index contributed by atoms with van der Waals surface area (Å²) >= 11 is 5.86. The number of carbonyl (C=O) groups is 1. The van der Waals surface area contributed by atoms with Gasteiger partial charge in [0.25, 0.3) is 5.91 Å². The molecule has 110 valence electrons. The first-order valence-corrected chi connectivity index (χ1v) is 6.89. The molecule has 0 radical (unpaired) electrons. The second-order valence-corrected chi connectivity index (χ2v) is 5.21. The standard InChI is InChI=1S/C14H19ClN2O3/c1-17(19-2)14(18)13-8-16-12(9-20-13)7-10-3-5-11(15)6-4-10/h3-6,12-13,16H,7-9H2,1-2H3/t12-,13+/m0/s1. The number of nitrogens with one attached hydrogen (secondary N) is 1. The lowest BCUT2D eigenvalue weighted by molar-refractivity contribution is -0.183. The maximum absolute atomic E-state index is 11.9. The van der Waals surface area contributed by atoms with Gasteiger partial charge in [0.05, 0.1) is 13.7 Å². The van der Waals surface area contributed by atoms with Crippen LogP contribution in [0, 0.1) is 0 Å². The number of hydrogen-bond donors (Lipinski definition) is 1. The van der Waals surface area contributed by atoms with Crippen molar-refractivity contribution in [2.24, 2.45) is 0 Å². The molecule has 0 spiro atoms. The van der Waals surface area contributed by atoms with Crippen molar-refractivity contribution in [2.75, 3.05) is 27.3 Å². The number of rotatable bonds is 4. The van der Waals surface area contributed by atoms with Gasteiger partial charge in [0.15, 0.2) is 6.10 Å². The zero-order valence-electron chi connectivity index (χ0n) is 11.6. The fourth-order valence-corrected chi connectivity index (χ4v) is 2.24. The van der Waals surface area contributed by atoms with E-state index in [1.54, 1.807) is 7.05 Å². The maximum atomic E-state index is 11.9. The Morgan fingerprint density at radius 2 is 2.20 bits per heavy atom. The average Bonchev–Trinajstić information content (AvgIpc) is 2.49. The topological polar surface area (TPSA) is 50.8 Å². The maximum Gasteiger partial charge on any atom is 0.276 e. The highest BCUT2D eigenvalue weighted by Crippen LogP contribution is 2.13. The van der Waals surface area contributed by atoms with Gasteiger partial charge in [-0.1, -0.05) is 23.7 Å². The van der Waals surface area contributed by atoms with Crippen LogP contribution in [0.4, 0.5) is 0 Å². The zero-order chi connectivity index (χ0) is 14.5. The minimum Gasteiger partial charge on any atom is -0.365 e. The van der Waals surface area contributed by atoms with Gasteiger partial charge >= 0.3 is 0 Å². The average molecular weight is 299 g/mol. The molecule has 0 aromatic heterocycles. The van der Waals surface area contributed by atoms with Crippen molar-refractivity contribution in [1.82, 2.24) is 10.4 Å². The highest BCUT2D eigenvalue weighted by Gasteiger charge is 2.28. The van der Waals surface area contributed by atoms with E-state index in [9.17, 15) is 4.79 Å². The van der Waals surface area contributed by atoms with E-state index in [2.05, 4.69) is 5.32 Å². The van der Waals surface area contributed by atoms with Gasteiger partial charge in [0.2, 0.25) is 0 Å². The van der Waals surface area contributed by atoms with Crippen LogP contribution >= 0.6 is 11.6 Å². The minimum atomic E-state index is -0.485. The van der Waals surface area contributed by atoms with Gasteiger partial charge in [0.1, 0.15) is 0 Å². The molecule has 1 heterocycles. The van der Waals surface area contributed by atoms with Crippen molar-refractivity contribution in [3.05, 3.63) is 34.9 Å². The Bertz CT molecular complexity index is 444. The molecule has 0 unspecified atom stereocenters. The largest absolute Gasteiger partial charge is 0.365 e. The Kier molecular flexibility index (Phi) is 5.37. The Hall–Kier alpha value is -1.14. The van der Waals surface area contributed by atoms with Crippen molar-refractivity contribution >= 4 is 17.5 Å². The van der Waals surface area contributed by atoms with Crippen LogP contribution in [0.1, 0.15) is 5.56 Å². The highest BCUT2D eigenvalue weighted by molar-refractivity contribution is 6.30. The van der Waals surface area contributed by atoms with Gasteiger partial charge in [-0.3, -0.25) is 9.63 Å². The molecule has 0 bridgehead atoms. The van der Waals surface area contributed by atoms with Crippen molar-refractivity contribution in [2.45, 2.75) is 18.6 Å². The molecule has 1 aliphatic heterocycles. The van der Waals surface area contributed by atoms with Crippen LogP contribution in [0.3, 0.4) is 0 Å². The number of hydrogen-bond acceptors (Lipinski definition) is 4. The quantitative estimate of drug-likeness (QED) is 0.850. The number of likely N-dealkylation sites (N-methyl/N-ethyl adjacent to an activating group) is 1. The Morgan fingerprint density at radius 1 is 1.50 bits per heavy atom. The minimum absolute atomic E-state index is 0.176. The van der Waals surface area contributed by atoms with Crippen LogP contribution in [-0.2, 0) is 20.8 Å². The normalized spacial score (nSPS) is 22.6. The molecule has 1 amide bonds. The van der Waals surface area contributed by atoms with Crippen LogP contribution in [0.25, 0.3) is 0 Å². The molecule has 1 saturated heterocycles. The van der Waals surface area contributed by atoms with Crippen LogP contribution < -0.4 is 5.32 Å². The van der Waals surface area contributed by atoms with Crippen molar-refractivity contribution in [1.29, 1.82) is 0 Å². The molecule has 5 nitrogen and oxygen atoms in total. The molecule has 1 aromatic rings. The summed E-state index contributed by atoms with van der Waals surface area (Å²) in [4.78, 5) is 16.7. The van der Waals surface area contributed by atoms with E-state index in [0.717, 1.165) is 11.4 Å². The lowest BCUT2D eigenvalue weighted by Gasteiger charge is -2.31. The summed E-state index contributed by atoms with van der Waals surface area (Å²) in [7, 11) is 3.03. The van der Waals surface area contributed by atoms with E-state index >= 15 is 0 Å². The third kappa shape index (κ3) is 3.93. The molecule has 2 atom stereocenters. The number of benzene rings is 1. The molecule has 2 rings (SSSR count). The van der Waals surface area contributed by atoms with Crippen LogP contribution in [0.15, 0.2) is 24.3 Å². The Labute approximate surface area is 123 Å². The molecule has 1 N–H and O–H groups in total. The summed E-state index contributed by atoms with van der Waals surface area (Å²) in [5.41, 5.74) is 1.19. The molecular weight excluding hydrogens is 280 g/mol. The van der Waals surface area contributed by atoms with E-state index in [-0.39, 0.29) is 11.9 Å². The monoisotopic (exact) mass is 298 g/mol. The Morgan fingerprint density at radius 3 is 2.75 bits per heavy atom. The summed E-state index contributed by atoms with van der Waals surface area (Å²) in [5.74, 6) is -0.176. The number of hydroxylamine groups is 2. The van der Waals surface area contributed by atoms with Gasteiger partial charge in [-0.25, -0.2) is 5.06 Å². The van der Waals surface area contributed by atoms with E-state index in [4.69, 9.17) is 21.2 Å². The predicted octanol–water partition coefficient (Wildman–Crippen LogP) is 1.26. The van der Waals surface area contributed by atoms with Gasteiger partial charge < -0.3 is 10.1 Å². The first kappa shape index (κ1) is 15.3. The Balaban J connectivity index is 1.82. The predicted molar refractivity (Wildman–Crippen MR) is 76.5 cm³/mol. The van der Waals surface area contributed by atoms with Crippen LogP contribution in [0.5, 0.6) is 0 Å². The summed E-state index contributed by atoms with van der Waals surface area (Å²) in [6.07, 6.45) is 0.361. The first-order chi connectivity index (χ1) is 9.60. The molecular formula is C14H19ClN2O3. The molecule has 20 heavy (non-hydrogen) atoms. The van der Waals surface area contributed by atoms with Crippen molar-refractivity contribution in [3.63, 3.8) is 0 Å². The van der Waals surface area contributed by atoms with Crippen LogP contribution in [0.2, 0.25) is 5.02 Å². The highest BCUT2D eigenvalue weighted by atomic mass is 35.5. The summed E-state index contributed by atoms with van der Waals surface area (Å²) < 4.78 is 5.61. The SMILES string of the molecule is CON(C)C(=O)[C@H]1CN[C@@H](Cc2ccc(Cl)cc2)CO1. The second-order valence-electron chi connectivity index (χ2n) is 4.78. The number of ether oxygens (including phenoxy) is 1. The van der Waals surface area contributed by atoms with Crippen molar-refractivity contribution in [3.8, 4) is 0 Å². The molecule has 1 aromatic carbocycles. The van der Waals surface area contributed by atoms with E-state index in [0.29, 0.717) is 13.2 Å². The summed E-state index contributed by atoms with van der Waals surface area (Å²) in [5, 5.41) is 5.25. The molecule has 6 heteroatoms. The fraction of sp³-hybridized carbons (Fsp3) is 0.500. The summed E-state index contributed by atoms with van der Waals surface area (Å²) in [6, 6.07) is 7.95. The van der Waals surface area contributed by atoms with Crippen molar-refractivity contribution < 1.29 is 14.4 Å².